The zero-order chi connectivity index (χ0) is 14.7. The Morgan fingerprint density at radius 2 is 2.00 bits per heavy atom. The standard InChI is InChI=1S/C16H17N3OS/c1-21-13-7-5-12(6-8-13)20-16-14(9-10-17)19-11-3-2-4-15(19)18-16/h2-8,11H,9-10,17H2,1H3. The van der Waals surface area contributed by atoms with Gasteiger partial charge in [0.1, 0.15) is 11.4 Å². The Bertz CT molecular complexity index is 737. The predicted molar refractivity (Wildman–Crippen MR) is 86.2 cm³/mol. The SMILES string of the molecule is CSc1ccc(Oc2nc3ccccn3c2CCN)cc1. The van der Waals surface area contributed by atoms with Crippen molar-refractivity contribution in [1.82, 2.24) is 9.38 Å². The first-order valence-electron chi connectivity index (χ1n) is 6.80. The molecule has 0 amide bonds. The highest BCUT2D eigenvalue weighted by atomic mass is 32.2. The van der Waals surface area contributed by atoms with Crippen LogP contribution in [0.15, 0.2) is 53.6 Å². The number of nitrogens with zero attached hydrogens (tertiary/aromatic N) is 2. The number of pyridine rings is 1. The Hall–Kier alpha value is -1.98. The lowest BCUT2D eigenvalue weighted by molar-refractivity contribution is 0.459. The van der Waals surface area contributed by atoms with Crippen molar-refractivity contribution >= 4 is 17.4 Å². The molecule has 21 heavy (non-hydrogen) atoms. The third kappa shape index (κ3) is 2.89. The van der Waals surface area contributed by atoms with Crippen molar-refractivity contribution in [1.29, 1.82) is 0 Å². The minimum atomic E-state index is 0.560. The van der Waals surface area contributed by atoms with Crippen LogP contribution in [0.2, 0.25) is 0 Å². The molecule has 0 fully saturated rings. The Kier molecular flexibility index (Phi) is 4.13. The highest BCUT2D eigenvalue weighted by Gasteiger charge is 2.13. The van der Waals surface area contributed by atoms with Gasteiger partial charge in [-0.15, -0.1) is 11.8 Å². The summed E-state index contributed by atoms with van der Waals surface area (Å²) in [6, 6.07) is 13.9. The first-order valence-corrected chi connectivity index (χ1v) is 8.02. The van der Waals surface area contributed by atoms with Crippen LogP contribution in [0.5, 0.6) is 11.6 Å². The molecule has 1 aromatic carbocycles. The number of hydrogen-bond donors (Lipinski definition) is 1. The zero-order valence-electron chi connectivity index (χ0n) is 11.8. The largest absolute Gasteiger partial charge is 0.437 e. The third-order valence-corrected chi connectivity index (χ3v) is 3.99. The van der Waals surface area contributed by atoms with Gasteiger partial charge in [0.25, 0.3) is 0 Å². The molecular weight excluding hydrogens is 282 g/mol. The van der Waals surface area contributed by atoms with Crippen molar-refractivity contribution in [3.05, 3.63) is 54.4 Å². The smallest absolute Gasteiger partial charge is 0.241 e. The lowest BCUT2D eigenvalue weighted by atomic mass is 10.3. The number of hydrogen-bond acceptors (Lipinski definition) is 4. The number of imidazole rings is 1. The van der Waals surface area contributed by atoms with Crippen molar-refractivity contribution in [3.63, 3.8) is 0 Å². The molecule has 2 heterocycles. The number of rotatable bonds is 5. The van der Waals surface area contributed by atoms with E-state index in [2.05, 4.69) is 11.2 Å². The van der Waals surface area contributed by atoms with E-state index in [4.69, 9.17) is 10.5 Å². The van der Waals surface area contributed by atoms with Crippen LogP contribution in [0.3, 0.4) is 0 Å². The average molecular weight is 299 g/mol. The van der Waals surface area contributed by atoms with Crippen molar-refractivity contribution < 1.29 is 4.74 Å². The van der Waals surface area contributed by atoms with E-state index in [9.17, 15) is 0 Å². The van der Waals surface area contributed by atoms with Crippen molar-refractivity contribution in [2.75, 3.05) is 12.8 Å². The van der Waals surface area contributed by atoms with Crippen LogP contribution in [-0.2, 0) is 6.42 Å². The molecule has 4 nitrogen and oxygen atoms in total. The van der Waals surface area contributed by atoms with Crippen LogP contribution >= 0.6 is 11.8 Å². The van der Waals surface area contributed by atoms with Gasteiger partial charge in [0.05, 0.1) is 5.69 Å². The minimum absolute atomic E-state index is 0.560. The number of aromatic nitrogens is 2. The molecular formula is C16H17N3OS. The summed E-state index contributed by atoms with van der Waals surface area (Å²) in [7, 11) is 0. The van der Waals surface area contributed by atoms with Crippen LogP contribution in [0.25, 0.3) is 5.65 Å². The maximum absolute atomic E-state index is 5.95. The Labute approximate surface area is 127 Å². The quantitative estimate of drug-likeness (QED) is 0.734. The average Bonchev–Trinajstić information content (AvgIpc) is 2.86. The fourth-order valence-electron chi connectivity index (χ4n) is 2.23. The second-order valence-corrected chi connectivity index (χ2v) is 5.49. The minimum Gasteiger partial charge on any atom is -0.437 e. The van der Waals surface area contributed by atoms with Gasteiger partial charge in [-0.05, 0) is 49.2 Å². The summed E-state index contributed by atoms with van der Waals surface area (Å²) in [5, 5.41) is 0. The molecule has 2 N–H and O–H groups in total. The highest BCUT2D eigenvalue weighted by molar-refractivity contribution is 7.98. The van der Waals surface area contributed by atoms with Crippen molar-refractivity contribution in [2.45, 2.75) is 11.3 Å². The molecule has 0 radical (unpaired) electrons. The van der Waals surface area contributed by atoms with Crippen LogP contribution in [-0.4, -0.2) is 22.2 Å². The molecule has 0 aliphatic rings. The van der Waals surface area contributed by atoms with E-state index in [1.54, 1.807) is 11.8 Å². The normalized spacial score (nSPS) is 11.0. The summed E-state index contributed by atoms with van der Waals surface area (Å²) >= 11 is 1.71. The monoisotopic (exact) mass is 299 g/mol. The van der Waals surface area contributed by atoms with Gasteiger partial charge in [-0.25, -0.2) is 0 Å². The zero-order valence-corrected chi connectivity index (χ0v) is 12.6. The number of fused-ring (bicyclic) bond motifs is 1. The maximum Gasteiger partial charge on any atom is 0.241 e. The van der Waals surface area contributed by atoms with E-state index in [-0.39, 0.29) is 0 Å². The first kappa shape index (κ1) is 14.0. The number of nitrogens with two attached hydrogens (primary N) is 1. The Morgan fingerprint density at radius 1 is 1.19 bits per heavy atom. The molecule has 108 valence electrons. The summed E-state index contributed by atoms with van der Waals surface area (Å²) in [6.07, 6.45) is 4.76. The molecule has 0 saturated heterocycles. The van der Waals surface area contributed by atoms with E-state index in [1.165, 1.54) is 4.90 Å². The van der Waals surface area contributed by atoms with E-state index in [1.807, 2.05) is 53.1 Å². The van der Waals surface area contributed by atoms with Gasteiger partial charge >= 0.3 is 0 Å². The molecule has 0 unspecified atom stereocenters. The van der Waals surface area contributed by atoms with Crippen LogP contribution < -0.4 is 10.5 Å². The van der Waals surface area contributed by atoms with Crippen LogP contribution in [0.1, 0.15) is 5.69 Å². The molecule has 5 heteroatoms. The molecule has 0 atom stereocenters. The highest BCUT2D eigenvalue weighted by Crippen LogP contribution is 2.27. The van der Waals surface area contributed by atoms with E-state index >= 15 is 0 Å². The van der Waals surface area contributed by atoms with Gasteiger partial charge in [0, 0.05) is 17.5 Å². The molecule has 0 spiro atoms. The van der Waals surface area contributed by atoms with Crippen molar-refractivity contribution in [2.24, 2.45) is 5.73 Å². The Morgan fingerprint density at radius 3 is 2.71 bits per heavy atom. The van der Waals surface area contributed by atoms with Gasteiger partial charge < -0.3 is 14.9 Å². The van der Waals surface area contributed by atoms with E-state index in [0.29, 0.717) is 12.4 Å². The number of thioether (sulfide) groups is 1. The van der Waals surface area contributed by atoms with Crippen LogP contribution in [0.4, 0.5) is 0 Å². The predicted octanol–water partition coefficient (Wildman–Crippen LogP) is 3.35. The van der Waals surface area contributed by atoms with Gasteiger partial charge in [0.2, 0.25) is 5.88 Å². The summed E-state index contributed by atoms with van der Waals surface area (Å²) in [5.74, 6) is 1.41. The summed E-state index contributed by atoms with van der Waals surface area (Å²) < 4.78 is 7.98. The molecule has 0 saturated carbocycles. The van der Waals surface area contributed by atoms with E-state index in [0.717, 1.165) is 23.5 Å². The van der Waals surface area contributed by atoms with Crippen LogP contribution in [0, 0.1) is 0 Å². The van der Waals surface area contributed by atoms with Crippen molar-refractivity contribution in [3.8, 4) is 11.6 Å². The van der Waals surface area contributed by atoms with Gasteiger partial charge in [-0.1, -0.05) is 6.07 Å². The maximum atomic E-state index is 5.95. The molecule has 2 aromatic heterocycles. The number of benzene rings is 1. The Balaban J connectivity index is 1.96. The van der Waals surface area contributed by atoms with E-state index < -0.39 is 0 Å². The third-order valence-electron chi connectivity index (χ3n) is 3.25. The van der Waals surface area contributed by atoms with Gasteiger partial charge in [-0.2, -0.15) is 4.98 Å². The topological polar surface area (TPSA) is 52.5 Å². The first-order chi connectivity index (χ1) is 10.3. The fraction of sp³-hybridized carbons (Fsp3) is 0.188. The summed E-state index contributed by atoms with van der Waals surface area (Å²) in [4.78, 5) is 5.76. The molecule has 3 rings (SSSR count). The summed E-state index contributed by atoms with van der Waals surface area (Å²) in [5.41, 5.74) is 7.59. The molecule has 3 aromatic rings. The van der Waals surface area contributed by atoms with Gasteiger partial charge in [0.15, 0.2) is 0 Å². The lowest BCUT2D eigenvalue weighted by Gasteiger charge is -2.06. The molecule has 0 aliphatic carbocycles. The number of ether oxygens (including phenoxy) is 1. The fourth-order valence-corrected chi connectivity index (χ4v) is 2.63. The molecule has 0 aliphatic heterocycles. The lowest BCUT2D eigenvalue weighted by Crippen LogP contribution is -2.06. The second kappa shape index (κ2) is 6.20. The molecule has 0 bridgehead atoms. The second-order valence-electron chi connectivity index (χ2n) is 4.61. The van der Waals surface area contributed by atoms with Gasteiger partial charge in [-0.3, -0.25) is 0 Å². The summed E-state index contributed by atoms with van der Waals surface area (Å²) in [6.45, 7) is 0.560.